The van der Waals surface area contributed by atoms with E-state index < -0.39 is 5.91 Å². The summed E-state index contributed by atoms with van der Waals surface area (Å²) in [5.74, 6) is -0.317. The third-order valence-electron chi connectivity index (χ3n) is 4.32. The highest BCUT2D eigenvalue weighted by Gasteiger charge is 2.14. The van der Waals surface area contributed by atoms with Gasteiger partial charge in [0.05, 0.1) is 6.54 Å². The molecule has 3 rings (SSSR count). The van der Waals surface area contributed by atoms with E-state index in [4.69, 9.17) is 0 Å². The largest absolute Gasteiger partial charge is 0.310 e. The van der Waals surface area contributed by atoms with Crippen LogP contribution in [0.2, 0.25) is 0 Å². The van der Waals surface area contributed by atoms with Gasteiger partial charge in [0.1, 0.15) is 5.56 Å². The molecule has 0 saturated heterocycles. The first-order valence-electron chi connectivity index (χ1n) is 8.72. The first kappa shape index (κ1) is 18.5. The van der Waals surface area contributed by atoms with Gasteiger partial charge in [-0.2, -0.15) is 0 Å². The number of carbonyl (C=O) groups excluding carboxylic acids is 1. The van der Waals surface area contributed by atoms with Crippen molar-refractivity contribution in [1.82, 2.24) is 14.5 Å². The quantitative estimate of drug-likeness (QED) is 0.773. The number of aryl methyl sites for hydroxylation is 4. The van der Waals surface area contributed by atoms with Crippen LogP contribution < -0.4 is 10.9 Å². The summed E-state index contributed by atoms with van der Waals surface area (Å²) in [5.41, 5.74) is 4.49. The predicted molar refractivity (Wildman–Crippen MR) is 105 cm³/mol. The molecule has 0 aliphatic heterocycles. The number of hydrogen-bond acceptors (Lipinski definition) is 4. The highest BCUT2D eigenvalue weighted by Crippen LogP contribution is 2.12. The van der Waals surface area contributed by atoms with Gasteiger partial charge in [-0.25, -0.2) is 9.97 Å². The molecular formula is C21H22N4O2. The fourth-order valence-corrected chi connectivity index (χ4v) is 2.94. The Morgan fingerprint density at radius 3 is 2.44 bits per heavy atom. The van der Waals surface area contributed by atoms with Crippen molar-refractivity contribution in [2.45, 2.75) is 34.2 Å². The van der Waals surface area contributed by atoms with Gasteiger partial charge in [-0.05, 0) is 57.0 Å². The van der Waals surface area contributed by atoms with E-state index in [0.29, 0.717) is 6.54 Å². The Bertz CT molecular complexity index is 1050. The zero-order valence-corrected chi connectivity index (χ0v) is 15.9. The van der Waals surface area contributed by atoms with Gasteiger partial charge >= 0.3 is 0 Å². The smallest absolute Gasteiger partial charge is 0.263 e. The highest BCUT2D eigenvalue weighted by atomic mass is 16.2. The molecule has 27 heavy (non-hydrogen) atoms. The lowest BCUT2D eigenvalue weighted by Gasteiger charge is -2.11. The van der Waals surface area contributed by atoms with Crippen molar-refractivity contribution in [3.63, 3.8) is 0 Å². The van der Waals surface area contributed by atoms with Gasteiger partial charge in [0.2, 0.25) is 5.95 Å². The number of carbonyl (C=O) groups is 1. The second-order valence-electron chi connectivity index (χ2n) is 6.71. The molecule has 3 aromatic rings. The summed E-state index contributed by atoms with van der Waals surface area (Å²) in [7, 11) is 0. The lowest BCUT2D eigenvalue weighted by atomic mass is 10.1. The third kappa shape index (κ3) is 4.28. The molecule has 0 aliphatic rings. The Labute approximate surface area is 157 Å². The van der Waals surface area contributed by atoms with Crippen LogP contribution in [-0.2, 0) is 6.54 Å². The van der Waals surface area contributed by atoms with Crippen LogP contribution in [0.3, 0.4) is 0 Å². The SMILES string of the molecule is Cc1ccc(C)c(Cn2cccc(C(=O)Nc3nc(C)cc(C)n3)c2=O)c1. The Morgan fingerprint density at radius 2 is 1.74 bits per heavy atom. The number of rotatable bonds is 4. The normalized spacial score (nSPS) is 10.7. The molecule has 6 nitrogen and oxygen atoms in total. The maximum atomic E-state index is 12.8. The summed E-state index contributed by atoms with van der Waals surface area (Å²) in [4.78, 5) is 33.8. The average molecular weight is 362 g/mol. The molecule has 6 heteroatoms. The second-order valence-corrected chi connectivity index (χ2v) is 6.71. The van der Waals surface area contributed by atoms with Crippen LogP contribution in [0, 0.1) is 27.7 Å². The van der Waals surface area contributed by atoms with Crippen molar-refractivity contribution >= 4 is 11.9 Å². The minimum Gasteiger partial charge on any atom is -0.310 e. The van der Waals surface area contributed by atoms with E-state index in [1.54, 1.807) is 16.8 Å². The Hall–Kier alpha value is -3.28. The van der Waals surface area contributed by atoms with Crippen molar-refractivity contribution in [2.75, 3.05) is 5.32 Å². The topological polar surface area (TPSA) is 76.9 Å². The summed E-state index contributed by atoms with van der Waals surface area (Å²) in [6.45, 7) is 8.08. The lowest BCUT2D eigenvalue weighted by molar-refractivity contribution is 0.102. The fourth-order valence-electron chi connectivity index (χ4n) is 2.94. The van der Waals surface area contributed by atoms with E-state index >= 15 is 0 Å². The number of amides is 1. The summed E-state index contributed by atoms with van der Waals surface area (Å²) in [6.07, 6.45) is 1.69. The monoisotopic (exact) mass is 362 g/mol. The van der Waals surface area contributed by atoms with E-state index in [1.807, 2.05) is 45.9 Å². The Kier molecular flexibility index (Phi) is 5.16. The Balaban J connectivity index is 1.89. The second kappa shape index (κ2) is 7.53. The van der Waals surface area contributed by atoms with Crippen LogP contribution in [0.1, 0.15) is 38.4 Å². The molecule has 0 bridgehead atoms. The van der Waals surface area contributed by atoms with Crippen LogP contribution in [0.4, 0.5) is 5.95 Å². The van der Waals surface area contributed by atoms with Gasteiger partial charge < -0.3 is 4.57 Å². The van der Waals surface area contributed by atoms with Crippen LogP contribution in [0.15, 0.2) is 47.4 Å². The van der Waals surface area contributed by atoms with Gasteiger partial charge in [-0.1, -0.05) is 23.8 Å². The highest BCUT2D eigenvalue weighted by molar-refractivity contribution is 6.03. The number of nitrogens with zero attached hydrogens (tertiary/aromatic N) is 3. The molecular weight excluding hydrogens is 340 g/mol. The molecule has 0 aliphatic carbocycles. The molecule has 138 valence electrons. The molecule has 0 radical (unpaired) electrons. The third-order valence-corrected chi connectivity index (χ3v) is 4.32. The fraction of sp³-hybridized carbons (Fsp3) is 0.238. The molecule has 0 atom stereocenters. The van der Waals surface area contributed by atoms with Crippen LogP contribution in [0.5, 0.6) is 0 Å². The molecule has 1 N–H and O–H groups in total. The van der Waals surface area contributed by atoms with Crippen LogP contribution >= 0.6 is 0 Å². The van der Waals surface area contributed by atoms with Gasteiger partial charge in [-0.3, -0.25) is 14.9 Å². The van der Waals surface area contributed by atoms with Crippen LogP contribution in [-0.4, -0.2) is 20.4 Å². The molecule has 2 aromatic heterocycles. The summed E-state index contributed by atoms with van der Waals surface area (Å²) < 4.78 is 1.54. The molecule has 1 aromatic carbocycles. The first-order valence-corrected chi connectivity index (χ1v) is 8.72. The number of anilines is 1. The van der Waals surface area contributed by atoms with E-state index in [1.165, 1.54) is 6.07 Å². The van der Waals surface area contributed by atoms with Crippen molar-refractivity contribution < 1.29 is 4.79 Å². The summed E-state index contributed by atoms with van der Waals surface area (Å²) >= 11 is 0. The van der Waals surface area contributed by atoms with Crippen LogP contribution in [0.25, 0.3) is 0 Å². The zero-order chi connectivity index (χ0) is 19.6. The van der Waals surface area contributed by atoms with Gasteiger partial charge in [0.15, 0.2) is 0 Å². The molecule has 0 saturated carbocycles. The minimum absolute atomic E-state index is 0.0607. The molecule has 0 spiro atoms. The van der Waals surface area contributed by atoms with Crippen molar-refractivity contribution in [2.24, 2.45) is 0 Å². The molecule has 0 unspecified atom stereocenters. The number of benzene rings is 1. The summed E-state index contributed by atoms with van der Waals surface area (Å²) in [6, 6.07) is 11.1. The van der Waals surface area contributed by atoms with E-state index in [2.05, 4.69) is 21.4 Å². The van der Waals surface area contributed by atoms with E-state index in [0.717, 1.165) is 28.1 Å². The van der Waals surface area contributed by atoms with Gasteiger partial charge in [0, 0.05) is 17.6 Å². The maximum Gasteiger partial charge on any atom is 0.263 e. The maximum absolute atomic E-state index is 12.8. The number of hydrogen-bond donors (Lipinski definition) is 1. The molecule has 0 fully saturated rings. The number of nitrogens with one attached hydrogen (secondary N) is 1. The predicted octanol–water partition coefficient (Wildman–Crippen LogP) is 3.17. The standard InChI is InChI=1S/C21H22N4O2/c1-13-7-8-14(2)17(10-13)12-25-9-5-6-18(20(25)27)19(26)24-21-22-15(3)11-16(4)23-21/h5-11H,12H2,1-4H3,(H,22,23,24,26). The number of pyridine rings is 1. The van der Waals surface area contributed by atoms with Crippen molar-refractivity contribution in [3.05, 3.63) is 86.6 Å². The molecule has 2 heterocycles. The lowest BCUT2D eigenvalue weighted by Crippen LogP contribution is -2.29. The van der Waals surface area contributed by atoms with E-state index in [9.17, 15) is 9.59 Å². The zero-order valence-electron chi connectivity index (χ0n) is 15.9. The first-order chi connectivity index (χ1) is 12.8. The van der Waals surface area contributed by atoms with Gasteiger partial charge in [-0.15, -0.1) is 0 Å². The summed E-state index contributed by atoms with van der Waals surface area (Å²) in [5, 5.41) is 2.62. The minimum atomic E-state index is -0.514. The van der Waals surface area contributed by atoms with Crippen molar-refractivity contribution in [1.29, 1.82) is 0 Å². The Morgan fingerprint density at radius 1 is 1.04 bits per heavy atom. The number of aromatic nitrogens is 3. The van der Waals surface area contributed by atoms with E-state index in [-0.39, 0.29) is 17.1 Å². The van der Waals surface area contributed by atoms with Crippen molar-refractivity contribution in [3.8, 4) is 0 Å². The van der Waals surface area contributed by atoms with Gasteiger partial charge in [0.25, 0.3) is 11.5 Å². The average Bonchev–Trinajstić information content (AvgIpc) is 2.59. The molecule has 1 amide bonds.